The van der Waals surface area contributed by atoms with Gasteiger partial charge < -0.3 is 4.74 Å². The molecule has 0 amide bonds. The van der Waals surface area contributed by atoms with Crippen LogP contribution < -0.4 is 4.74 Å². The molecule has 0 bridgehead atoms. The molecule has 4 aromatic rings. The summed E-state index contributed by atoms with van der Waals surface area (Å²) in [6.07, 6.45) is 5.96. The maximum atomic E-state index is 14.3. The number of halogens is 1. The molecule has 1 aliphatic carbocycles. The molecule has 1 aliphatic rings. The van der Waals surface area contributed by atoms with Crippen molar-refractivity contribution in [3.63, 3.8) is 0 Å². The van der Waals surface area contributed by atoms with Crippen LogP contribution in [0.25, 0.3) is 16.6 Å². The molecule has 0 radical (unpaired) electrons. The fraction of sp³-hybridized carbons (Fsp3) is 0.227. The van der Waals surface area contributed by atoms with Crippen LogP contribution >= 0.6 is 0 Å². The lowest BCUT2D eigenvalue weighted by Crippen LogP contribution is -2.15. The van der Waals surface area contributed by atoms with Gasteiger partial charge in [0, 0.05) is 18.5 Å². The van der Waals surface area contributed by atoms with Gasteiger partial charge in [0.15, 0.2) is 0 Å². The van der Waals surface area contributed by atoms with Crippen molar-refractivity contribution in [3.8, 4) is 17.5 Å². The van der Waals surface area contributed by atoms with E-state index in [-0.39, 0.29) is 6.10 Å². The Bertz CT molecular complexity index is 1270. The Balaban J connectivity index is 1.50. The van der Waals surface area contributed by atoms with E-state index in [1.165, 1.54) is 16.4 Å². The van der Waals surface area contributed by atoms with Crippen molar-refractivity contribution >= 4 is 10.9 Å². The van der Waals surface area contributed by atoms with Gasteiger partial charge in [-0.05, 0) is 54.7 Å². The number of nitriles is 1. The molecule has 0 unspecified atom stereocenters. The van der Waals surface area contributed by atoms with Gasteiger partial charge in [0.1, 0.15) is 17.5 Å². The Kier molecular flexibility index (Phi) is 4.06. The van der Waals surface area contributed by atoms with Crippen LogP contribution in [0.15, 0.2) is 48.8 Å². The van der Waals surface area contributed by atoms with Crippen molar-refractivity contribution in [2.24, 2.45) is 7.05 Å². The smallest absolute Gasteiger partial charge is 0.237 e. The van der Waals surface area contributed by atoms with Crippen molar-refractivity contribution in [3.05, 3.63) is 71.4 Å². The van der Waals surface area contributed by atoms with Crippen molar-refractivity contribution in [1.29, 1.82) is 5.26 Å². The van der Waals surface area contributed by atoms with Gasteiger partial charge in [0.2, 0.25) is 5.95 Å². The minimum absolute atomic E-state index is 0.0737. The molecule has 0 saturated carbocycles. The number of aromatic nitrogens is 4. The van der Waals surface area contributed by atoms with Gasteiger partial charge in [0.25, 0.3) is 0 Å². The molecule has 0 fully saturated rings. The molecule has 2 aromatic heterocycles. The molecule has 7 heteroatoms. The first-order valence-electron chi connectivity index (χ1n) is 9.49. The summed E-state index contributed by atoms with van der Waals surface area (Å²) in [7, 11) is 1.55. The second-order valence-corrected chi connectivity index (χ2v) is 7.25. The van der Waals surface area contributed by atoms with Gasteiger partial charge in [-0.3, -0.25) is 0 Å². The normalized spacial score (nSPS) is 15.8. The number of nitrogens with zero attached hydrogens (tertiary/aromatic N) is 5. The van der Waals surface area contributed by atoms with E-state index in [0.29, 0.717) is 17.0 Å². The van der Waals surface area contributed by atoms with Crippen LogP contribution in [-0.2, 0) is 13.5 Å². The molecule has 5 rings (SSSR count). The summed E-state index contributed by atoms with van der Waals surface area (Å²) < 4.78 is 23.4. The van der Waals surface area contributed by atoms with E-state index in [1.807, 2.05) is 36.4 Å². The number of fused-ring (bicyclic) bond motifs is 2. The molecule has 2 aromatic carbocycles. The van der Waals surface area contributed by atoms with Crippen molar-refractivity contribution in [2.45, 2.75) is 25.4 Å². The molecular weight excluding hydrogens is 369 g/mol. The molecule has 0 saturated heterocycles. The average Bonchev–Trinajstić information content (AvgIpc) is 3.30. The average molecular weight is 387 g/mol. The highest BCUT2D eigenvalue weighted by molar-refractivity contribution is 5.81. The second-order valence-electron chi connectivity index (χ2n) is 7.25. The minimum Gasteiger partial charge on any atom is -0.486 e. The zero-order chi connectivity index (χ0) is 20.0. The first-order chi connectivity index (χ1) is 14.1. The van der Waals surface area contributed by atoms with Gasteiger partial charge in [0.05, 0.1) is 29.5 Å². The van der Waals surface area contributed by atoms with Gasteiger partial charge in [-0.25, -0.2) is 9.36 Å². The fourth-order valence-corrected chi connectivity index (χ4v) is 3.94. The van der Waals surface area contributed by atoms with E-state index >= 15 is 0 Å². The molecule has 6 nitrogen and oxygen atoms in total. The summed E-state index contributed by atoms with van der Waals surface area (Å²) in [5.41, 5.74) is 4.02. The Morgan fingerprint density at radius 2 is 2.07 bits per heavy atom. The first kappa shape index (κ1) is 17.4. The van der Waals surface area contributed by atoms with Gasteiger partial charge >= 0.3 is 0 Å². The van der Waals surface area contributed by atoms with E-state index in [1.54, 1.807) is 17.9 Å². The summed E-state index contributed by atoms with van der Waals surface area (Å²) in [4.78, 5) is 0. The number of ether oxygens (including phenoxy) is 1. The van der Waals surface area contributed by atoms with Crippen molar-refractivity contribution in [2.75, 3.05) is 0 Å². The lowest BCUT2D eigenvalue weighted by molar-refractivity contribution is 0.183. The third-order valence-electron chi connectivity index (χ3n) is 5.43. The lowest BCUT2D eigenvalue weighted by atomic mass is 9.88. The van der Waals surface area contributed by atoms with E-state index in [4.69, 9.17) is 10.00 Å². The second kappa shape index (κ2) is 6.74. The third-order valence-corrected chi connectivity index (χ3v) is 5.43. The molecule has 1 atom stereocenters. The molecule has 144 valence electrons. The molecular formula is C22H18FN5O. The van der Waals surface area contributed by atoms with Crippen molar-refractivity contribution in [1.82, 2.24) is 19.6 Å². The largest absolute Gasteiger partial charge is 0.486 e. The highest BCUT2D eigenvalue weighted by atomic mass is 19.1. The maximum Gasteiger partial charge on any atom is 0.237 e. The van der Waals surface area contributed by atoms with Gasteiger partial charge in [-0.2, -0.15) is 19.8 Å². The summed E-state index contributed by atoms with van der Waals surface area (Å²) >= 11 is 0. The third kappa shape index (κ3) is 2.93. The number of aryl methyl sites for hydroxylation is 2. The summed E-state index contributed by atoms with van der Waals surface area (Å²) in [6.45, 7) is 0. The SMILES string of the molecule is Cn1ncc(-n2ncc3ccc(O[C@@H]4CCCc5cc(C#N)ccc54)cc32)c1F. The van der Waals surface area contributed by atoms with Crippen LogP contribution in [-0.4, -0.2) is 19.6 Å². The summed E-state index contributed by atoms with van der Waals surface area (Å²) in [6, 6.07) is 13.7. The Morgan fingerprint density at radius 1 is 1.17 bits per heavy atom. The molecule has 0 N–H and O–H groups in total. The molecule has 0 aliphatic heterocycles. The number of hydrogen-bond acceptors (Lipinski definition) is 4. The highest BCUT2D eigenvalue weighted by Gasteiger charge is 2.22. The zero-order valence-corrected chi connectivity index (χ0v) is 15.8. The van der Waals surface area contributed by atoms with E-state index in [0.717, 1.165) is 35.7 Å². The van der Waals surface area contributed by atoms with Crippen LogP contribution in [0.1, 0.15) is 35.6 Å². The van der Waals surface area contributed by atoms with E-state index < -0.39 is 5.95 Å². The fourth-order valence-electron chi connectivity index (χ4n) is 3.94. The summed E-state index contributed by atoms with van der Waals surface area (Å²) in [5, 5.41) is 18.3. The van der Waals surface area contributed by atoms with Crippen LogP contribution in [0, 0.1) is 17.3 Å². The monoisotopic (exact) mass is 387 g/mol. The molecule has 0 spiro atoms. The van der Waals surface area contributed by atoms with E-state index in [9.17, 15) is 4.39 Å². The predicted molar refractivity (Wildman–Crippen MR) is 105 cm³/mol. The van der Waals surface area contributed by atoms with Crippen LogP contribution in [0.4, 0.5) is 4.39 Å². The topological polar surface area (TPSA) is 68.7 Å². The lowest BCUT2D eigenvalue weighted by Gasteiger charge is -2.26. The Morgan fingerprint density at radius 3 is 2.86 bits per heavy atom. The van der Waals surface area contributed by atoms with Crippen LogP contribution in [0.3, 0.4) is 0 Å². The number of benzene rings is 2. The van der Waals surface area contributed by atoms with E-state index in [2.05, 4.69) is 16.3 Å². The van der Waals surface area contributed by atoms with Crippen LogP contribution in [0.2, 0.25) is 0 Å². The van der Waals surface area contributed by atoms with Crippen molar-refractivity contribution < 1.29 is 9.13 Å². The van der Waals surface area contributed by atoms with Gasteiger partial charge in [-0.15, -0.1) is 0 Å². The molecule has 2 heterocycles. The highest BCUT2D eigenvalue weighted by Crippen LogP contribution is 2.35. The Hall–Kier alpha value is -3.66. The summed E-state index contributed by atoms with van der Waals surface area (Å²) in [5.74, 6) is 0.251. The zero-order valence-electron chi connectivity index (χ0n) is 15.8. The maximum absolute atomic E-state index is 14.3. The van der Waals surface area contributed by atoms with Gasteiger partial charge in [-0.1, -0.05) is 6.07 Å². The minimum atomic E-state index is -0.448. The first-order valence-corrected chi connectivity index (χ1v) is 9.49. The molecule has 29 heavy (non-hydrogen) atoms. The predicted octanol–water partition coefficient (Wildman–Crippen LogP) is 4.23. The quantitative estimate of drug-likeness (QED) is 0.528. The number of hydrogen-bond donors (Lipinski definition) is 0. The Labute approximate surface area is 166 Å². The standard InChI is InChI=1S/C22H18FN5O/c1-27-22(23)20(13-25-27)28-19-10-17(7-6-16(19)12-26-28)29-21-4-2-3-15-9-14(11-24)5-8-18(15)21/h5-10,12-13,21H,2-4H2,1H3/t21-/m1/s1. The number of rotatable bonds is 3. The van der Waals surface area contributed by atoms with Crippen LogP contribution in [0.5, 0.6) is 5.75 Å².